The van der Waals surface area contributed by atoms with Gasteiger partial charge in [-0.2, -0.15) is 0 Å². The average Bonchev–Trinajstić information content (AvgIpc) is 3.33. The lowest BCUT2D eigenvalue weighted by Crippen LogP contribution is -2.32. The number of carbonyl (C=O) groups is 1. The Kier molecular flexibility index (Phi) is 4.36. The molecule has 5 atom stereocenters. The molecule has 4 rings (SSSR count). The largest absolute Gasteiger partial charge is 0.493 e. The normalized spacial score (nSPS) is 31.1. The van der Waals surface area contributed by atoms with E-state index in [2.05, 4.69) is 4.90 Å². The molecule has 2 bridgehead atoms. The van der Waals surface area contributed by atoms with E-state index < -0.39 is 0 Å². The van der Waals surface area contributed by atoms with Gasteiger partial charge in [-0.3, -0.25) is 4.79 Å². The Morgan fingerprint density at radius 1 is 1.16 bits per heavy atom. The molecular weight excluding hydrogens is 316 g/mol. The fourth-order valence-electron chi connectivity index (χ4n) is 5.40. The molecule has 3 fully saturated rings. The Hall–Kier alpha value is -1.75. The summed E-state index contributed by atoms with van der Waals surface area (Å²) in [6.07, 6.45) is 4.50. The molecule has 0 aromatic heterocycles. The van der Waals surface area contributed by atoms with E-state index in [1.165, 1.54) is 19.3 Å². The van der Waals surface area contributed by atoms with Crippen molar-refractivity contribution in [1.29, 1.82) is 0 Å². The molecule has 25 heavy (non-hydrogen) atoms. The molecule has 0 unspecified atom stereocenters. The van der Waals surface area contributed by atoms with E-state index >= 15 is 0 Å². The number of ether oxygens (including phenoxy) is 2. The molecule has 5 nitrogen and oxygen atoms in total. The Bertz CT molecular complexity index is 644. The predicted octanol–water partition coefficient (Wildman–Crippen LogP) is 2.60. The standard InChI is InChI=1S/C20H28N2O3/c1-24-18-6-5-14(8-19(18)25-2)17(21)9-20(23)22-10-15-12-3-4-13(7-12)16(15)11-22/h5-6,8,12-13,15-17H,3-4,7,9-11,21H2,1-2H3/t12-,13+,15-,16+,17-/m0/s1. The van der Waals surface area contributed by atoms with E-state index in [1.54, 1.807) is 14.2 Å². The van der Waals surface area contributed by atoms with Crippen LogP contribution in [0.15, 0.2) is 18.2 Å². The van der Waals surface area contributed by atoms with Gasteiger partial charge < -0.3 is 20.1 Å². The van der Waals surface area contributed by atoms with Gasteiger partial charge in [0.1, 0.15) is 0 Å². The quantitative estimate of drug-likeness (QED) is 0.892. The van der Waals surface area contributed by atoms with Crippen LogP contribution in [0.5, 0.6) is 11.5 Å². The minimum Gasteiger partial charge on any atom is -0.493 e. The van der Waals surface area contributed by atoms with Crippen LogP contribution < -0.4 is 15.2 Å². The first-order valence-electron chi connectivity index (χ1n) is 9.36. The molecule has 2 N–H and O–H groups in total. The van der Waals surface area contributed by atoms with Gasteiger partial charge in [-0.25, -0.2) is 0 Å². The number of nitrogens with zero attached hydrogens (tertiary/aromatic N) is 1. The van der Waals surface area contributed by atoms with E-state index in [9.17, 15) is 4.79 Å². The molecule has 1 saturated heterocycles. The van der Waals surface area contributed by atoms with Gasteiger partial charge in [-0.05, 0) is 60.6 Å². The van der Waals surface area contributed by atoms with Crippen LogP contribution in [0.3, 0.4) is 0 Å². The third-order valence-electron chi connectivity index (χ3n) is 6.72. The molecule has 1 aromatic carbocycles. The van der Waals surface area contributed by atoms with Gasteiger partial charge in [-0.1, -0.05) is 6.07 Å². The number of likely N-dealkylation sites (tertiary alicyclic amines) is 1. The summed E-state index contributed by atoms with van der Waals surface area (Å²) in [6, 6.07) is 5.31. The number of nitrogens with two attached hydrogens (primary N) is 1. The lowest BCUT2D eigenvalue weighted by atomic mass is 9.82. The second kappa shape index (κ2) is 6.52. The third kappa shape index (κ3) is 2.88. The van der Waals surface area contributed by atoms with Crippen molar-refractivity contribution >= 4 is 5.91 Å². The molecule has 2 aliphatic carbocycles. The predicted molar refractivity (Wildman–Crippen MR) is 95.5 cm³/mol. The molecule has 1 amide bonds. The van der Waals surface area contributed by atoms with Crippen LogP contribution in [-0.4, -0.2) is 38.1 Å². The van der Waals surface area contributed by atoms with Crippen molar-refractivity contribution in [2.24, 2.45) is 29.4 Å². The third-order valence-corrected chi connectivity index (χ3v) is 6.72. The maximum atomic E-state index is 12.8. The highest BCUT2D eigenvalue weighted by molar-refractivity contribution is 5.77. The SMILES string of the molecule is COc1ccc([C@@H](N)CC(=O)N2C[C@@H]3[C@@H]4CC[C@@H](C4)[C@@H]3C2)cc1OC. The molecular formula is C20H28N2O3. The molecule has 5 heteroatoms. The number of carbonyl (C=O) groups excluding carboxylic acids is 1. The van der Waals surface area contributed by atoms with Crippen LogP contribution in [0.4, 0.5) is 0 Å². The van der Waals surface area contributed by atoms with Crippen molar-refractivity contribution in [2.75, 3.05) is 27.3 Å². The number of methoxy groups -OCH3 is 2. The second-order valence-electron chi connectivity index (χ2n) is 7.88. The van der Waals surface area contributed by atoms with Crippen molar-refractivity contribution in [3.63, 3.8) is 0 Å². The highest BCUT2D eigenvalue weighted by Gasteiger charge is 2.52. The molecule has 1 aliphatic heterocycles. The van der Waals surface area contributed by atoms with Crippen molar-refractivity contribution < 1.29 is 14.3 Å². The van der Waals surface area contributed by atoms with Crippen LogP contribution >= 0.6 is 0 Å². The Morgan fingerprint density at radius 2 is 1.80 bits per heavy atom. The van der Waals surface area contributed by atoms with E-state index in [1.807, 2.05) is 18.2 Å². The second-order valence-corrected chi connectivity index (χ2v) is 7.88. The van der Waals surface area contributed by atoms with Gasteiger partial charge in [0, 0.05) is 25.6 Å². The Labute approximate surface area is 149 Å². The highest BCUT2D eigenvalue weighted by Crippen LogP contribution is 2.55. The smallest absolute Gasteiger partial charge is 0.224 e. The molecule has 2 saturated carbocycles. The van der Waals surface area contributed by atoms with E-state index in [4.69, 9.17) is 15.2 Å². The topological polar surface area (TPSA) is 64.8 Å². The summed E-state index contributed by atoms with van der Waals surface area (Å²) < 4.78 is 10.6. The maximum Gasteiger partial charge on any atom is 0.224 e. The van der Waals surface area contributed by atoms with Gasteiger partial charge in [0.15, 0.2) is 11.5 Å². The van der Waals surface area contributed by atoms with Crippen LogP contribution in [-0.2, 0) is 4.79 Å². The first-order chi connectivity index (χ1) is 12.1. The maximum absolute atomic E-state index is 12.8. The summed E-state index contributed by atoms with van der Waals surface area (Å²) in [5, 5.41) is 0. The van der Waals surface area contributed by atoms with Crippen molar-refractivity contribution in [2.45, 2.75) is 31.7 Å². The van der Waals surface area contributed by atoms with E-state index in [0.29, 0.717) is 17.9 Å². The first kappa shape index (κ1) is 16.7. The van der Waals surface area contributed by atoms with Crippen molar-refractivity contribution in [3.05, 3.63) is 23.8 Å². The number of fused-ring (bicyclic) bond motifs is 5. The fourth-order valence-corrected chi connectivity index (χ4v) is 5.40. The van der Waals surface area contributed by atoms with Crippen LogP contribution in [0.25, 0.3) is 0 Å². The van der Waals surface area contributed by atoms with Gasteiger partial charge in [0.2, 0.25) is 5.91 Å². The number of hydrogen-bond donors (Lipinski definition) is 1. The Balaban J connectivity index is 1.39. The number of benzene rings is 1. The van der Waals surface area contributed by atoms with Gasteiger partial charge in [0.25, 0.3) is 0 Å². The number of hydrogen-bond acceptors (Lipinski definition) is 4. The van der Waals surface area contributed by atoms with Gasteiger partial charge in [0.05, 0.1) is 14.2 Å². The lowest BCUT2D eigenvalue weighted by Gasteiger charge is -2.22. The minimum atomic E-state index is -0.315. The molecule has 1 aromatic rings. The molecule has 3 aliphatic rings. The van der Waals surface area contributed by atoms with E-state index in [-0.39, 0.29) is 11.9 Å². The Morgan fingerprint density at radius 3 is 2.40 bits per heavy atom. The summed E-state index contributed by atoms with van der Waals surface area (Å²) in [5.74, 6) is 4.75. The minimum absolute atomic E-state index is 0.191. The number of rotatable bonds is 5. The monoisotopic (exact) mass is 344 g/mol. The summed E-state index contributed by atoms with van der Waals surface area (Å²) in [4.78, 5) is 14.8. The zero-order valence-electron chi connectivity index (χ0n) is 15.1. The molecule has 1 heterocycles. The molecule has 0 spiro atoms. The summed E-state index contributed by atoms with van der Waals surface area (Å²) >= 11 is 0. The first-order valence-corrected chi connectivity index (χ1v) is 9.36. The summed E-state index contributed by atoms with van der Waals surface area (Å²) in [6.45, 7) is 1.90. The van der Waals surface area contributed by atoms with Crippen LogP contribution in [0.2, 0.25) is 0 Å². The van der Waals surface area contributed by atoms with Crippen LogP contribution in [0.1, 0.15) is 37.3 Å². The zero-order chi connectivity index (χ0) is 17.6. The van der Waals surface area contributed by atoms with E-state index in [0.717, 1.165) is 42.3 Å². The average molecular weight is 344 g/mol. The highest BCUT2D eigenvalue weighted by atomic mass is 16.5. The van der Waals surface area contributed by atoms with Crippen molar-refractivity contribution in [3.8, 4) is 11.5 Å². The van der Waals surface area contributed by atoms with Crippen molar-refractivity contribution in [1.82, 2.24) is 4.90 Å². The molecule has 136 valence electrons. The fraction of sp³-hybridized carbons (Fsp3) is 0.650. The number of amides is 1. The summed E-state index contributed by atoms with van der Waals surface area (Å²) in [5.41, 5.74) is 7.23. The molecule has 0 radical (unpaired) electrons. The zero-order valence-corrected chi connectivity index (χ0v) is 15.1. The van der Waals surface area contributed by atoms with Gasteiger partial charge in [-0.15, -0.1) is 0 Å². The summed E-state index contributed by atoms with van der Waals surface area (Å²) in [7, 11) is 3.22. The van der Waals surface area contributed by atoms with Gasteiger partial charge >= 0.3 is 0 Å². The van der Waals surface area contributed by atoms with Crippen LogP contribution in [0, 0.1) is 23.7 Å². The lowest BCUT2D eigenvalue weighted by molar-refractivity contribution is -0.130.